The molecule has 0 spiro atoms. The molecule has 2 aromatic rings. The molecule has 0 aliphatic carbocycles. The average Bonchev–Trinajstić information content (AvgIpc) is 2.74. The van der Waals surface area contributed by atoms with Crippen molar-refractivity contribution in [1.29, 1.82) is 0 Å². The van der Waals surface area contributed by atoms with E-state index in [2.05, 4.69) is 31.0 Å². The van der Waals surface area contributed by atoms with Crippen molar-refractivity contribution in [1.82, 2.24) is 4.98 Å². The Morgan fingerprint density at radius 2 is 2.26 bits per heavy atom. The highest BCUT2D eigenvalue weighted by Gasteiger charge is 2.15. The van der Waals surface area contributed by atoms with Gasteiger partial charge in [0.15, 0.2) is 5.13 Å². The minimum atomic E-state index is -0.414. The Bertz CT molecular complexity index is 630. The predicted octanol–water partition coefficient (Wildman–Crippen LogP) is 3.88. The normalized spacial score (nSPS) is 10.3. The van der Waals surface area contributed by atoms with E-state index in [0.717, 1.165) is 0 Å². The molecule has 19 heavy (non-hydrogen) atoms. The summed E-state index contributed by atoms with van der Waals surface area (Å²) in [6.07, 6.45) is 0. The van der Waals surface area contributed by atoms with E-state index in [1.165, 1.54) is 24.5 Å². The van der Waals surface area contributed by atoms with Crippen molar-refractivity contribution in [3.05, 3.63) is 39.1 Å². The second-order valence-corrected chi connectivity index (χ2v) is 5.53. The second kappa shape index (κ2) is 5.66. The van der Waals surface area contributed by atoms with Crippen molar-refractivity contribution in [2.75, 3.05) is 12.4 Å². The summed E-state index contributed by atoms with van der Waals surface area (Å²) in [6, 6.07) is 4.53. The fraction of sp³-hybridized carbons (Fsp3) is 0.167. The highest BCUT2D eigenvalue weighted by Crippen LogP contribution is 2.28. The van der Waals surface area contributed by atoms with Gasteiger partial charge < -0.3 is 10.1 Å². The number of carbonyl (C=O) groups is 1. The molecule has 0 amide bonds. The van der Waals surface area contributed by atoms with Crippen molar-refractivity contribution in [3.8, 4) is 0 Å². The number of esters is 1. The number of benzene rings is 1. The Morgan fingerprint density at radius 3 is 2.89 bits per heavy atom. The fourth-order valence-electron chi connectivity index (χ4n) is 1.43. The van der Waals surface area contributed by atoms with Gasteiger partial charge in [-0.25, -0.2) is 14.2 Å². The molecule has 1 heterocycles. The topological polar surface area (TPSA) is 51.2 Å². The molecule has 0 bridgehead atoms. The summed E-state index contributed by atoms with van der Waals surface area (Å²) in [5.74, 6) is -0.751. The van der Waals surface area contributed by atoms with Crippen LogP contribution in [0.5, 0.6) is 0 Å². The lowest BCUT2D eigenvalue weighted by molar-refractivity contribution is 0.0605. The number of hydrogen-bond donors (Lipinski definition) is 1. The maximum absolute atomic E-state index is 13.1. The Balaban J connectivity index is 2.24. The van der Waals surface area contributed by atoms with Crippen LogP contribution in [-0.2, 0) is 4.74 Å². The van der Waals surface area contributed by atoms with E-state index in [4.69, 9.17) is 0 Å². The Labute approximate surface area is 121 Å². The summed E-state index contributed by atoms with van der Waals surface area (Å²) in [5, 5.41) is 3.57. The molecule has 0 radical (unpaired) electrons. The van der Waals surface area contributed by atoms with E-state index in [0.29, 0.717) is 25.9 Å². The molecule has 1 aromatic heterocycles. The van der Waals surface area contributed by atoms with Gasteiger partial charge in [0.2, 0.25) is 0 Å². The summed E-state index contributed by atoms with van der Waals surface area (Å²) in [4.78, 5) is 16.1. The SMILES string of the molecule is COC(=O)c1sc(Nc2ccc(F)c(Br)c2)nc1C. The van der Waals surface area contributed by atoms with Crippen LogP contribution in [0.15, 0.2) is 22.7 Å². The lowest BCUT2D eigenvalue weighted by Crippen LogP contribution is -1.99. The smallest absolute Gasteiger partial charge is 0.350 e. The number of nitrogens with one attached hydrogen (secondary N) is 1. The Hall–Kier alpha value is -1.47. The second-order valence-electron chi connectivity index (χ2n) is 3.68. The zero-order valence-electron chi connectivity index (χ0n) is 10.2. The van der Waals surface area contributed by atoms with Crippen LogP contribution in [0.4, 0.5) is 15.2 Å². The van der Waals surface area contributed by atoms with Gasteiger partial charge >= 0.3 is 5.97 Å². The molecule has 0 unspecified atom stereocenters. The van der Waals surface area contributed by atoms with Crippen molar-refractivity contribution in [2.24, 2.45) is 0 Å². The van der Waals surface area contributed by atoms with Gasteiger partial charge in [0, 0.05) is 5.69 Å². The number of hydrogen-bond acceptors (Lipinski definition) is 5. The number of ether oxygens (including phenoxy) is 1. The standard InChI is InChI=1S/C12H10BrFN2O2S/c1-6-10(11(17)18-2)19-12(15-6)16-7-3-4-9(14)8(13)5-7/h3-5H,1-2H3,(H,15,16). The minimum Gasteiger partial charge on any atom is -0.465 e. The van der Waals surface area contributed by atoms with Gasteiger partial charge in [0.1, 0.15) is 10.7 Å². The van der Waals surface area contributed by atoms with Crippen LogP contribution < -0.4 is 5.32 Å². The molecule has 0 atom stereocenters. The number of methoxy groups -OCH3 is 1. The number of aryl methyl sites for hydroxylation is 1. The molecule has 2 rings (SSSR count). The van der Waals surface area contributed by atoms with Crippen molar-refractivity contribution >= 4 is 44.1 Å². The molecular weight excluding hydrogens is 335 g/mol. The largest absolute Gasteiger partial charge is 0.465 e. The number of rotatable bonds is 3. The minimum absolute atomic E-state index is 0.337. The van der Waals surface area contributed by atoms with E-state index in [9.17, 15) is 9.18 Å². The lowest BCUT2D eigenvalue weighted by Gasteiger charge is -2.03. The third-order valence-corrected chi connectivity index (χ3v) is 4.00. The number of carbonyl (C=O) groups excluding carboxylic acids is 1. The van der Waals surface area contributed by atoms with Gasteiger partial charge in [0.05, 0.1) is 17.3 Å². The molecule has 1 N–H and O–H groups in total. The van der Waals surface area contributed by atoms with Crippen LogP contribution in [0.3, 0.4) is 0 Å². The first-order valence-electron chi connectivity index (χ1n) is 5.29. The summed E-state index contributed by atoms with van der Waals surface area (Å²) < 4.78 is 18.1. The zero-order valence-corrected chi connectivity index (χ0v) is 12.6. The summed E-state index contributed by atoms with van der Waals surface area (Å²) in [5.41, 5.74) is 1.28. The predicted molar refractivity (Wildman–Crippen MR) is 75.6 cm³/mol. The third-order valence-electron chi connectivity index (χ3n) is 2.34. The van der Waals surface area contributed by atoms with Crippen LogP contribution in [0, 0.1) is 12.7 Å². The summed E-state index contributed by atoms with van der Waals surface area (Å²) in [6.45, 7) is 1.73. The van der Waals surface area contributed by atoms with Gasteiger partial charge in [0.25, 0.3) is 0 Å². The summed E-state index contributed by atoms with van der Waals surface area (Å²) in [7, 11) is 1.33. The molecule has 0 aliphatic rings. The van der Waals surface area contributed by atoms with Crippen LogP contribution in [-0.4, -0.2) is 18.1 Å². The molecule has 100 valence electrons. The molecular formula is C12H10BrFN2O2S. The van der Waals surface area contributed by atoms with Crippen LogP contribution >= 0.6 is 27.3 Å². The molecule has 0 saturated carbocycles. The quantitative estimate of drug-likeness (QED) is 0.858. The first-order valence-corrected chi connectivity index (χ1v) is 6.90. The Morgan fingerprint density at radius 1 is 1.53 bits per heavy atom. The number of anilines is 2. The van der Waals surface area contributed by atoms with Gasteiger partial charge in [-0.3, -0.25) is 0 Å². The number of thiazole rings is 1. The molecule has 0 saturated heterocycles. The monoisotopic (exact) mass is 344 g/mol. The van der Waals surface area contributed by atoms with Crippen LogP contribution in [0.25, 0.3) is 0 Å². The molecule has 7 heteroatoms. The molecule has 1 aromatic carbocycles. The maximum Gasteiger partial charge on any atom is 0.350 e. The van der Waals surface area contributed by atoms with Gasteiger partial charge in [-0.05, 0) is 41.1 Å². The number of aromatic nitrogens is 1. The number of halogens is 2. The fourth-order valence-corrected chi connectivity index (χ4v) is 2.71. The van der Waals surface area contributed by atoms with E-state index in [1.54, 1.807) is 19.1 Å². The third kappa shape index (κ3) is 3.10. The van der Waals surface area contributed by atoms with Crippen molar-refractivity contribution in [3.63, 3.8) is 0 Å². The molecule has 4 nitrogen and oxygen atoms in total. The number of nitrogens with zero attached hydrogens (tertiary/aromatic N) is 1. The van der Waals surface area contributed by atoms with Crippen molar-refractivity contribution in [2.45, 2.75) is 6.92 Å². The van der Waals surface area contributed by atoms with E-state index >= 15 is 0 Å². The van der Waals surface area contributed by atoms with E-state index in [-0.39, 0.29) is 5.82 Å². The Kier molecular flexibility index (Phi) is 4.16. The first-order chi connectivity index (χ1) is 9.01. The average molecular weight is 345 g/mol. The highest BCUT2D eigenvalue weighted by molar-refractivity contribution is 9.10. The van der Waals surface area contributed by atoms with Gasteiger partial charge in [-0.2, -0.15) is 0 Å². The summed E-state index contributed by atoms with van der Waals surface area (Å²) >= 11 is 4.30. The first kappa shape index (κ1) is 14.0. The highest BCUT2D eigenvalue weighted by atomic mass is 79.9. The zero-order chi connectivity index (χ0) is 14.0. The molecule has 0 aliphatic heterocycles. The maximum atomic E-state index is 13.1. The molecule has 0 fully saturated rings. The lowest BCUT2D eigenvalue weighted by atomic mass is 10.3. The van der Waals surface area contributed by atoms with Crippen molar-refractivity contribution < 1.29 is 13.9 Å². The van der Waals surface area contributed by atoms with Crippen LogP contribution in [0.1, 0.15) is 15.4 Å². The van der Waals surface area contributed by atoms with E-state index in [1.807, 2.05) is 0 Å². The van der Waals surface area contributed by atoms with Gasteiger partial charge in [-0.1, -0.05) is 11.3 Å². The van der Waals surface area contributed by atoms with E-state index < -0.39 is 5.97 Å². The van der Waals surface area contributed by atoms with Crippen LogP contribution in [0.2, 0.25) is 0 Å². The van der Waals surface area contributed by atoms with Gasteiger partial charge in [-0.15, -0.1) is 0 Å².